The van der Waals surface area contributed by atoms with Crippen molar-refractivity contribution in [1.82, 2.24) is 14.7 Å². The van der Waals surface area contributed by atoms with Crippen LogP contribution in [0.1, 0.15) is 29.4 Å². The average Bonchev–Trinajstić information content (AvgIpc) is 3.22. The summed E-state index contributed by atoms with van der Waals surface area (Å²) in [6.07, 6.45) is 2.30. The highest BCUT2D eigenvalue weighted by molar-refractivity contribution is 7.20. The molecular formula is C20H23N3O2S. The van der Waals surface area contributed by atoms with Crippen LogP contribution in [0.5, 0.6) is 5.75 Å². The Balaban J connectivity index is 1.72. The molecule has 6 heteroatoms. The van der Waals surface area contributed by atoms with Gasteiger partial charge in [-0.25, -0.2) is 0 Å². The van der Waals surface area contributed by atoms with Crippen LogP contribution in [0.25, 0.3) is 21.5 Å². The van der Waals surface area contributed by atoms with Gasteiger partial charge in [-0.1, -0.05) is 19.1 Å². The fraction of sp³-hybridized carbons (Fsp3) is 0.400. The van der Waals surface area contributed by atoms with E-state index in [1.807, 2.05) is 47.0 Å². The van der Waals surface area contributed by atoms with E-state index in [1.165, 1.54) is 17.8 Å². The number of rotatable bonds is 3. The summed E-state index contributed by atoms with van der Waals surface area (Å²) in [5.41, 5.74) is 1.89. The Hall–Kier alpha value is -2.34. The summed E-state index contributed by atoms with van der Waals surface area (Å²) in [5, 5.41) is 5.69. The number of amides is 1. The maximum Gasteiger partial charge on any atom is 0.264 e. The molecule has 3 heterocycles. The van der Waals surface area contributed by atoms with Crippen LogP contribution in [-0.2, 0) is 7.05 Å². The zero-order chi connectivity index (χ0) is 18.3. The number of piperidine rings is 1. The molecule has 3 aromatic rings. The summed E-state index contributed by atoms with van der Waals surface area (Å²) >= 11 is 1.53. The molecule has 1 aliphatic rings. The van der Waals surface area contributed by atoms with E-state index >= 15 is 0 Å². The second kappa shape index (κ2) is 6.76. The quantitative estimate of drug-likeness (QED) is 0.696. The van der Waals surface area contributed by atoms with E-state index in [0.717, 1.165) is 51.6 Å². The van der Waals surface area contributed by atoms with Crippen LogP contribution < -0.4 is 4.74 Å². The van der Waals surface area contributed by atoms with E-state index in [-0.39, 0.29) is 5.91 Å². The van der Waals surface area contributed by atoms with Crippen LogP contribution in [-0.4, -0.2) is 40.8 Å². The molecule has 5 nitrogen and oxygen atoms in total. The first-order valence-corrected chi connectivity index (χ1v) is 9.78. The lowest BCUT2D eigenvalue weighted by atomic mass is 10.0. The molecule has 0 saturated carbocycles. The summed E-state index contributed by atoms with van der Waals surface area (Å²) in [6, 6.07) is 9.89. The predicted molar refractivity (Wildman–Crippen MR) is 105 cm³/mol. The number of carbonyl (C=O) groups excluding carboxylic acids is 1. The third-order valence-electron chi connectivity index (χ3n) is 5.01. The molecule has 136 valence electrons. The summed E-state index contributed by atoms with van der Waals surface area (Å²) in [7, 11) is 3.59. The van der Waals surface area contributed by atoms with Gasteiger partial charge < -0.3 is 9.64 Å². The van der Waals surface area contributed by atoms with Crippen LogP contribution in [0.3, 0.4) is 0 Å². The molecule has 1 aliphatic heterocycles. The maximum absolute atomic E-state index is 13.0. The third-order valence-corrected chi connectivity index (χ3v) is 6.20. The van der Waals surface area contributed by atoms with Crippen LogP contribution in [0.15, 0.2) is 30.3 Å². The molecule has 0 radical (unpaired) electrons. The first-order chi connectivity index (χ1) is 12.6. The highest BCUT2D eigenvalue weighted by Gasteiger charge is 2.25. The van der Waals surface area contributed by atoms with Gasteiger partial charge in [-0.05, 0) is 37.0 Å². The summed E-state index contributed by atoms with van der Waals surface area (Å²) in [5.74, 6) is 1.53. The average molecular weight is 369 g/mol. The van der Waals surface area contributed by atoms with Crippen LogP contribution >= 0.6 is 11.3 Å². The van der Waals surface area contributed by atoms with Gasteiger partial charge in [0, 0.05) is 31.1 Å². The Bertz CT molecular complexity index is 959. The number of hydrogen-bond acceptors (Lipinski definition) is 4. The first-order valence-electron chi connectivity index (χ1n) is 8.97. The van der Waals surface area contributed by atoms with Crippen molar-refractivity contribution in [2.45, 2.75) is 19.8 Å². The van der Waals surface area contributed by atoms with Gasteiger partial charge in [0.1, 0.15) is 16.3 Å². The number of ether oxygens (including phenoxy) is 1. The van der Waals surface area contributed by atoms with Crippen molar-refractivity contribution in [3.8, 4) is 17.0 Å². The molecule has 1 fully saturated rings. The van der Waals surface area contributed by atoms with Gasteiger partial charge in [-0.2, -0.15) is 5.10 Å². The van der Waals surface area contributed by atoms with Crippen LogP contribution in [0, 0.1) is 5.92 Å². The fourth-order valence-electron chi connectivity index (χ4n) is 3.66. The molecule has 1 atom stereocenters. The molecule has 0 aliphatic carbocycles. The Labute approximate surface area is 157 Å². The van der Waals surface area contributed by atoms with Crippen molar-refractivity contribution in [3.05, 3.63) is 35.2 Å². The van der Waals surface area contributed by atoms with Gasteiger partial charge in [-0.15, -0.1) is 11.3 Å². The largest absolute Gasteiger partial charge is 0.497 e. The first kappa shape index (κ1) is 17.1. The van der Waals surface area contributed by atoms with E-state index in [9.17, 15) is 4.79 Å². The molecule has 1 saturated heterocycles. The number of aromatic nitrogens is 2. The minimum absolute atomic E-state index is 0.148. The van der Waals surface area contributed by atoms with Gasteiger partial charge in [-0.3, -0.25) is 9.48 Å². The lowest BCUT2D eigenvalue weighted by molar-refractivity contribution is 0.0688. The Morgan fingerprint density at radius 3 is 2.96 bits per heavy atom. The van der Waals surface area contributed by atoms with E-state index in [0.29, 0.717) is 5.92 Å². The molecule has 1 unspecified atom stereocenters. The molecule has 1 aromatic carbocycles. The van der Waals surface area contributed by atoms with Gasteiger partial charge in [0.15, 0.2) is 0 Å². The number of fused-ring (bicyclic) bond motifs is 1. The Kier molecular flexibility index (Phi) is 4.44. The molecule has 4 rings (SSSR count). The van der Waals surface area contributed by atoms with Crippen molar-refractivity contribution in [3.63, 3.8) is 0 Å². The molecule has 0 N–H and O–H groups in total. The lowest BCUT2D eigenvalue weighted by Gasteiger charge is -2.30. The molecule has 0 spiro atoms. The number of nitrogens with zero attached hydrogens (tertiary/aromatic N) is 3. The van der Waals surface area contributed by atoms with Gasteiger partial charge in [0.25, 0.3) is 5.91 Å². The SMILES string of the molecule is COc1cccc(-c2nn(C)c3sc(C(=O)N4CCCC(C)C4)cc23)c1. The number of likely N-dealkylation sites (tertiary alicyclic amines) is 1. The molecule has 2 aromatic heterocycles. The smallest absolute Gasteiger partial charge is 0.264 e. The highest BCUT2D eigenvalue weighted by Crippen LogP contribution is 2.35. The standard InChI is InChI=1S/C20H23N3O2S/c1-13-6-5-9-23(12-13)19(24)17-11-16-18(21-22(2)20(16)26-17)14-7-4-8-15(10-14)25-3/h4,7-8,10-11,13H,5-6,9,12H2,1-3H3. The van der Waals surface area contributed by atoms with Crippen molar-refractivity contribution in [2.24, 2.45) is 13.0 Å². The number of hydrogen-bond donors (Lipinski definition) is 0. The fourth-order valence-corrected chi connectivity index (χ4v) is 4.70. The normalized spacial score (nSPS) is 17.7. The van der Waals surface area contributed by atoms with Gasteiger partial charge >= 0.3 is 0 Å². The molecular weight excluding hydrogens is 346 g/mol. The van der Waals surface area contributed by atoms with E-state index < -0.39 is 0 Å². The summed E-state index contributed by atoms with van der Waals surface area (Å²) in [6.45, 7) is 3.93. The van der Waals surface area contributed by atoms with Gasteiger partial charge in [0.05, 0.1) is 12.0 Å². The van der Waals surface area contributed by atoms with Crippen molar-refractivity contribution in [1.29, 1.82) is 0 Å². The Morgan fingerprint density at radius 2 is 2.19 bits per heavy atom. The van der Waals surface area contributed by atoms with Crippen LogP contribution in [0.4, 0.5) is 0 Å². The van der Waals surface area contributed by atoms with Crippen LogP contribution in [0.2, 0.25) is 0 Å². The van der Waals surface area contributed by atoms with E-state index in [1.54, 1.807) is 7.11 Å². The number of carbonyl (C=O) groups is 1. The van der Waals surface area contributed by atoms with E-state index in [2.05, 4.69) is 12.0 Å². The minimum Gasteiger partial charge on any atom is -0.497 e. The molecule has 1 amide bonds. The van der Waals surface area contributed by atoms with Gasteiger partial charge in [0.2, 0.25) is 0 Å². The van der Waals surface area contributed by atoms with Crippen molar-refractivity contribution >= 4 is 27.5 Å². The zero-order valence-corrected chi connectivity index (χ0v) is 16.2. The Morgan fingerprint density at radius 1 is 1.35 bits per heavy atom. The summed E-state index contributed by atoms with van der Waals surface area (Å²) < 4.78 is 7.20. The second-order valence-corrected chi connectivity index (χ2v) is 8.06. The highest BCUT2D eigenvalue weighted by atomic mass is 32.1. The molecule has 0 bridgehead atoms. The predicted octanol–water partition coefficient (Wildman–Crippen LogP) is 4.18. The number of methoxy groups -OCH3 is 1. The zero-order valence-electron chi connectivity index (χ0n) is 15.4. The third kappa shape index (κ3) is 2.98. The van der Waals surface area contributed by atoms with Crippen molar-refractivity contribution in [2.75, 3.05) is 20.2 Å². The van der Waals surface area contributed by atoms with E-state index in [4.69, 9.17) is 4.74 Å². The molecule has 26 heavy (non-hydrogen) atoms. The second-order valence-electron chi connectivity index (χ2n) is 7.03. The number of benzene rings is 1. The summed E-state index contributed by atoms with van der Waals surface area (Å²) in [4.78, 5) is 16.8. The topological polar surface area (TPSA) is 47.4 Å². The maximum atomic E-state index is 13.0. The minimum atomic E-state index is 0.148. The number of aryl methyl sites for hydroxylation is 1. The monoisotopic (exact) mass is 369 g/mol. The number of thiophene rings is 1. The lowest BCUT2D eigenvalue weighted by Crippen LogP contribution is -2.38. The van der Waals surface area contributed by atoms with Crippen molar-refractivity contribution < 1.29 is 9.53 Å².